The number of ether oxygens (including phenoxy) is 3. The summed E-state index contributed by atoms with van der Waals surface area (Å²) >= 11 is 0. The van der Waals surface area contributed by atoms with Crippen LogP contribution in [0.2, 0.25) is 0 Å². The summed E-state index contributed by atoms with van der Waals surface area (Å²) in [6.45, 7) is -0.219. The van der Waals surface area contributed by atoms with Crippen molar-refractivity contribution >= 4 is 16.7 Å². The predicted octanol–water partition coefficient (Wildman–Crippen LogP) is 2.27. The molecule has 2 aromatic rings. The van der Waals surface area contributed by atoms with Gasteiger partial charge < -0.3 is 14.2 Å². The molecule has 0 saturated carbocycles. The van der Waals surface area contributed by atoms with Gasteiger partial charge in [-0.1, -0.05) is 12.1 Å². The molecule has 0 aromatic heterocycles. The van der Waals surface area contributed by atoms with Crippen molar-refractivity contribution in [3.8, 4) is 17.6 Å². The minimum atomic E-state index is -0.486. The molecule has 0 spiro atoms. The Bertz CT molecular complexity index is 688. The summed E-state index contributed by atoms with van der Waals surface area (Å²) in [5.74, 6) is 0.435. The summed E-state index contributed by atoms with van der Waals surface area (Å²) < 4.78 is 15.3. The molecule has 5 nitrogen and oxygen atoms in total. The topological polar surface area (TPSA) is 68.6 Å². The minimum absolute atomic E-state index is 0.219. The second-order valence-electron chi connectivity index (χ2n) is 4.01. The molecule has 0 heterocycles. The lowest BCUT2D eigenvalue weighted by Gasteiger charge is -2.13. The van der Waals surface area contributed by atoms with Gasteiger partial charge in [-0.05, 0) is 23.6 Å². The molecule has 102 valence electrons. The van der Waals surface area contributed by atoms with E-state index >= 15 is 0 Å². The summed E-state index contributed by atoms with van der Waals surface area (Å²) in [5, 5.41) is 10.6. The average Bonchev–Trinajstić information content (AvgIpc) is 2.51. The Morgan fingerprint density at radius 1 is 1.25 bits per heavy atom. The van der Waals surface area contributed by atoms with Crippen LogP contribution >= 0.6 is 0 Å². The lowest BCUT2D eigenvalue weighted by molar-refractivity contribution is -0.142. The predicted molar refractivity (Wildman–Crippen MR) is 72.7 cm³/mol. The first kappa shape index (κ1) is 13.7. The number of hydrogen-bond donors (Lipinski definition) is 0. The van der Waals surface area contributed by atoms with E-state index in [0.29, 0.717) is 22.4 Å². The molecule has 0 atom stereocenters. The normalized spacial score (nSPS) is 9.85. The van der Waals surface area contributed by atoms with E-state index in [9.17, 15) is 4.79 Å². The molecular weight excluding hydrogens is 258 g/mol. The average molecular weight is 271 g/mol. The summed E-state index contributed by atoms with van der Waals surface area (Å²) in [6.07, 6.45) is 0. The van der Waals surface area contributed by atoms with Crippen molar-refractivity contribution in [2.75, 3.05) is 20.8 Å². The Balaban J connectivity index is 2.52. The molecule has 0 unspecified atom stereocenters. The maximum absolute atomic E-state index is 11.2. The SMILES string of the molecule is COC(=O)COc1c(OC)ccc2ccc(C#N)cc12. The number of hydrogen-bond acceptors (Lipinski definition) is 5. The lowest BCUT2D eigenvalue weighted by atomic mass is 10.1. The molecule has 0 amide bonds. The van der Waals surface area contributed by atoms with Gasteiger partial charge >= 0.3 is 5.97 Å². The molecular formula is C15H13NO4. The van der Waals surface area contributed by atoms with Gasteiger partial charge in [0.15, 0.2) is 18.1 Å². The fraction of sp³-hybridized carbons (Fsp3) is 0.200. The maximum Gasteiger partial charge on any atom is 0.343 e. The van der Waals surface area contributed by atoms with E-state index in [0.717, 1.165) is 5.39 Å². The molecule has 20 heavy (non-hydrogen) atoms. The highest BCUT2D eigenvalue weighted by Gasteiger charge is 2.12. The summed E-state index contributed by atoms with van der Waals surface area (Å²) in [5.41, 5.74) is 0.508. The number of carbonyl (C=O) groups is 1. The Kier molecular flexibility index (Phi) is 4.06. The number of nitrogens with zero attached hydrogens (tertiary/aromatic N) is 1. The molecule has 0 saturated heterocycles. The van der Waals surface area contributed by atoms with Crippen molar-refractivity contribution in [3.05, 3.63) is 35.9 Å². The molecule has 5 heteroatoms. The Morgan fingerprint density at radius 2 is 2.00 bits per heavy atom. The van der Waals surface area contributed by atoms with Crippen LogP contribution in [0.3, 0.4) is 0 Å². The zero-order valence-electron chi connectivity index (χ0n) is 11.2. The third-order valence-corrected chi connectivity index (χ3v) is 2.85. The molecule has 2 rings (SSSR count). The van der Waals surface area contributed by atoms with Gasteiger partial charge in [0, 0.05) is 5.39 Å². The van der Waals surface area contributed by atoms with Gasteiger partial charge in [-0.25, -0.2) is 4.79 Å². The van der Waals surface area contributed by atoms with Gasteiger partial charge in [-0.2, -0.15) is 5.26 Å². The van der Waals surface area contributed by atoms with E-state index in [4.69, 9.17) is 14.7 Å². The van der Waals surface area contributed by atoms with Gasteiger partial charge in [0.1, 0.15) is 0 Å². The molecule has 0 bridgehead atoms. The highest BCUT2D eigenvalue weighted by molar-refractivity contribution is 5.92. The maximum atomic E-state index is 11.2. The minimum Gasteiger partial charge on any atom is -0.493 e. The summed E-state index contributed by atoms with van der Waals surface area (Å²) in [6, 6.07) is 10.9. The van der Waals surface area contributed by atoms with Crippen LogP contribution in [0.15, 0.2) is 30.3 Å². The van der Waals surface area contributed by atoms with E-state index < -0.39 is 5.97 Å². The number of rotatable bonds is 4. The van der Waals surface area contributed by atoms with E-state index in [-0.39, 0.29) is 6.61 Å². The third kappa shape index (κ3) is 2.64. The van der Waals surface area contributed by atoms with E-state index in [1.165, 1.54) is 14.2 Å². The first-order valence-electron chi connectivity index (χ1n) is 5.90. The van der Waals surface area contributed by atoms with E-state index in [2.05, 4.69) is 10.8 Å². The number of methoxy groups -OCH3 is 2. The molecule has 0 aliphatic rings. The van der Waals surface area contributed by atoms with Crippen molar-refractivity contribution in [1.82, 2.24) is 0 Å². The zero-order valence-corrected chi connectivity index (χ0v) is 11.2. The van der Waals surface area contributed by atoms with Crippen LogP contribution in [-0.2, 0) is 9.53 Å². The van der Waals surface area contributed by atoms with Gasteiger partial charge in [-0.15, -0.1) is 0 Å². The van der Waals surface area contributed by atoms with Crippen molar-refractivity contribution in [3.63, 3.8) is 0 Å². The fourth-order valence-electron chi connectivity index (χ4n) is 1.84. The highest BCUT2D eigenvalue weighted by atomic mass is 16.6. The van der Waals surface area contributed by atoms with E-state index in [1.54, 1.807) is 18.2 Å². The molecule has 0 radical (unpaired) electrons. The van der Waals surface area contributed by atoms with Crippen LogP contribution in [0.4, 0.5) is 0 Å². The van der Waals surface area contributed by atoms with Crippen LogP contribution in [0, 0.1) is 11.3 Å². The zero-order chi connectivity index (χ0) is 14.5. The molecule has 0 N–H and O–H groups in total. The van der Waals surface area contributed by atoms with Gasteiger partial charge in [0.2, 0.25) is 0 Å². The standard InChI is InChI=1S/C15H13NO4/c1-18-13-6-5-11-4-3-10(8-16)7-12(11)15(13)20-9-14(17)19-2/h3-7H,9H2,1-2H3. The first-order chi connectivity index (χ1) is 9.69. The highest BCUT2D eigenvalue weighted by Crippen LogP contribution is 2.36. The van der Waals surface area contributed by atoms with Crippen molar-refractivity contribution in [2.24, 2.45) is 0 Å². The fourth-order valence-corrected chi connectivity index (χ4v) is 1.84. The molecule has 0 fully saturated rings. The Hall–Kier alpha value is -2.74. The smallest absolute Gasteiger partial charge is 0.343 e. The van der Waals surface area contributed by atoms with Crippen molar-refractivity contribution < 1.29 is 19.0 Å². The number of carbonyl (C=O) groups excluding carboxylic acids is 1. The first-order valence-corrected chi connectivity index (χ1v) is 5.90. The second-order valence-corrected chi connectivity index (χ2v) is 4.01. The Labute approximate surface area is 116 Å². The second kappa shape index (κ2) is 5.93. The summed E-state index contributed by atoms with van der Waals surface area (Å²) in [7, 11) is 2.81. The number of esters is 1. The number of nitriles is 1. The summed E-state index contributed by atoms with van der Waals surface area (Å²) in [4.78, 5) is 11.2. The molecule has 2 aromatic carbocycles. The quantitative estimate of drug-likeness (QED) is 0.798. The lowest BCUT2D eigenvalue weighted by Crippen LogP contribution is -2.13. The Morgan fingerprint density at radius 3 is 2.65 bits per heavy atom. The van der Waals surface area contributed by atoms with Gasteiger partial charge in [-0.3, -0.25) is 0 Å². The van der Waals surface area contributed by atoms with Crippen LogP contribution in [0.25, 0.3) is 10.8 Å². The van der Waals surface area contributed by atoms with Crippen LogP contribution in [0.1, 0.15) is 5.56 Å². The third-order valence-electron chi connectivity index (χ3n) is 2.85. The van der Waals surface area contributed by atoms with Gasteiger partial charge in [0.25, 0.3) is 0 Å². The monoisotopic (exact) mass is 271 g/mol. The van der Waals surface area contributed by atoms with Crippen molar-refractivity contribution in [1.29, 1.82) is 5.26 Å². The molecule has 0 aliphatic carbocycles. The number of benzene rings is 2. The van der Waals surface area contributed by atoms with Crippen LogP contribution in [0.5, 0.6) is 11.5 Å². The number of fused-ring (bicyclic) bond motifs is 1. The molecule has 0 aliphatic heterocycles. The van der Waals surface area contributed by atoms with E-state index in [1.807, 2.05) is 12.1 Å². The van der Waals surface area contributed by atoms with Crippen LogP contribution in [-0.4, -0.2) is 26.8 Å². The van der Waals surface area contributed by atoms with Crippen LogP contribution < -0.4 is 9.47 Å². The van der Waals surface area contributed by atoms with Gasteiger partial charge in [0.05, 0.1) is 25.9 Å². The van der Waals surface area contributed by atoms with Crippen molar-refractivity contribution in [2.45, 2.75) is 0 Å². The largest absolute Gasteiger partial charge is 0.493 e.